The average molecular weight is 269 g/mol. The molecule has 0 saturated heterocycles. The van der Waals surface area contributed by atoms with Gasteiger partial charge in [0.2, 0.25) is 0 Å². The van der Waals surface area contributed by atoms with E-state index in [1.54, 1.807) is 18.0 Å². The Bertz CT molecular complexity index is 394. The van der Waals surface area contributed by atoms with Crippen molar-refractivity contribution in [2.24, 2.45) is 5.92 Å². The number of aromatic nitrogens is 2. The third kappa shape index (κ3) is 5.23. The molecule has 2 N–H and O–H groups in total. The molecule has 1 rings (SSSR count). The van der Waals surface area contributed by atoms with Gasteiger partial charge in [-0.25, -0.2) is 4.98 Å². The molecule has 18 heavy (non-hydrogen) atoms. The van der Waals surface area contributed by atoms with E-state index in [4.69, 9.17) is 0 Å². The van der Waals surface area contributed by atoms with E-state index >= 15 is 0 Å². The van der Waals surface area contributed by atoms with Gasteiger partial charge in [-0.2, -0.15) is 0 Å². The molecular weight excluding hydrogens is 246 g/mol. The van der Waals surface area contributed by atoms with Crippen molar-refractivity contribution in [3.63, 3.8) is 0 Å². The van der Waals surface area contributed by atoms with Gasteiger partial charge in [0.1, 0.15) is 0 Å². The Morgan fingerprint density at radius 3 is 2.89 bits per heavy atom. The second-order valence-corrected chi connectivity index (χ2v) is 5.51. The number of nitrogens with zero attached hydrogens (tertiary/aromatic N) is 1. The van der Waals surface area contributed by atoms with Crippen LogP contribution in [-0.2, 0) is 0 Å². The third-order valence-electron chi connectivity index (χ3n) is 3.03. The number of rotatable bonds is 8. The van der Waals surface area contributed by atoms with E-state index in [1.807, 2.05) is 0 Å². The van der Waals surface area contributed by atoms with Crippen LogP contribution in [0.1, 0.15) is 33.6 Å². The van der Waals surface area contributed by atoms with E-state index in [0.717, 1.165) is 25.1 Å². The predicted octanol–water partition coefficient (Wildman–Crippen LogP) is 2.28. The van der Waals surface area contributed by atoms with Gasteiger partial charge in [-0.1, -0.05) is 39.0 Å². The van der Waals surface area contributed by atoms with Crippen LogP contribution in [0.25, 0.3) is 0 Å². The summed E-state index contributed by atoms with van der Waals surface area (Å²) in [5, 5.41) is 4.27. The third-order valence-corrected chi connectivity index (χ3v) is 4.04. The summed E-state index contributed by atoms with van der Waals surface area (Å²) in [7, 11) is 0. The Morgan fingerprint density at radius 1 is 1.50 bits per heavy atom. The highest BCUT2D eigenvalue weighted by molar-refractivity contribution is 7.99. The lowest BCUT2D eigenvalue weighted by atomic mass is 10.0. The molecule has 1 heterocycles. The molecular formula is C13H23N3OS. The highest BCUT2D eigenvalue weighted by atomic mass is 32.2. The van der Waals surface area contributed by atoms with Crippen LogP contribution in [0.5, 0.6) is 0 Å². The van der Waals surface area contributed by atoms with E-state index in [9.17, 15) is 4.79 Å². The van der Waals surface area contributed by atoms with Crippen LogP contribution in [0.2, 0.25) is 0 Å². The summed E-state index contributed by atoms with van der Waals surface area (Å²) in [4.78, 5) is 18.1. The molecule has 0 aliphatic heterocycles. The monoisotopic (exact) mass is 269 g/mol. The van der Waals surface area contributed by atoms with Crippen molar-refractivity contribution < 1.29 is 0 Å². The van der Waals surface area contributed by atoms with Crippen molar-refractivity contribution in [1.82, 2.24) is 15.3 Å². The fraction of sp³-hybridized carbons (Fsp3) is 0.692. The van der Waals surface area contributed by atoms with Crippen LogP contribution in [0, 0.1) is 5.92 Å². The molecule has 102 valence electrons. The van der Waals surface area contributed by atoms with Crippen LogP contribution in [-0.4, -0.2) is 28.3 Å². The van der Waals surface area contributed by atoms with E-state index < -0.39 is 0 Å². The van der Waals surface area contributed by atoms with Crippen molar-refractivity contribution >= 4 is 11.8 Å². The number of hydrogen-bond acceptors (Lipinski definition) is 4. The quantitative estimate of drug-likeness (QED) is 0.561. The number of nitrogens with one attached hydrogen (secondary N) is 2. The second kappa shape index (κ2) is 8.32. The Kier molecular flexibility index (Phi) is 7.05. The van der Waals surface area contributed by atoms with Crippen molar-refractivity contribution in [2.75, 3.05) is 12.3 Å². The minimum atomic E-state index is -0.0888. The Balaban J connectivity index is 2.52. The number of aromatic amines is 1. The summed E-state index contributed by atoms with van der Waals surface area (Å²) in [6, 6.07) is 1.90. The first-order valence-electron chi connectivity index (χ1n) is 6.58. The molecule has 4 nitrogen and oxygen atoms in total. The first-order valence-corrected chi connectivity index (χ1v) is 7.57. The zero-order chi connectivity index (χ0) is 13.4. The summed E-state index contributed by atoms with van der Waals surface area (Å²) in [5.74, 6) is 1.56. The average Bonchev–Trinajstić information content (AvgIpc) is 2.38. The van der Waals surface area contributed by atoms with E-state index in [2.05, 4.69) is 36.1 Å². The number of hydrogen-bond donors (Lipinski definition) is 2. The van der Waals surface area contributed by atoms with Gasteiger partial charge in [0.05, 0.1) is 0 Å². The minimum Gasteiger partial charge on any atom is -0.313 e. The van der Waals surface area contributed by atoms with E-state index in [-0.39, 0.29) is 5.56 Å². The first kappa shape index (κ1) is 15.2. The summed E-state index contributed by atoms with van der Waals surface area (Å²) in [6.07, 6.45) is 3.84. The van der Waals surface area contributed by atoms with Crippen molar-refractivity contribution in [1.29, 1.82) is 0 Å². The lowest BCUT2D eigenvalue weighted by Crippen LogP contribution is -2.37. The summed E-state index contributed by atoms with van der Waals surface area (Å²) < 4.78 is 0. The molecule has 5 heteroatoms. The van der Waals surface area contributed by atoms with Gasteiger partial charge >= 0.3 is 0 Å². The molecule has 0 fully saturated rings. The molecule has 0 saturated carbocycles. The van der Waals surface area contributed by atoms with E-state index in [1.165, 1.54) is 6.07 Å². The molecule has 0 amide bonds. The van der Waals surface area contributed by atoms with E-state index in [0.29, 0.717) is 17.1 Å². The Morgan fingerprint density at radius 2 is 2.28 bits per heavy atom. The zero-order valence-corrected chi connectivity index (χ0v) is 12.2. The van der Waals surface area contributed by atoms with Gasteiger partial charge < -0.3 is 10.3 Å². The van der Waals surface area contributed by atoms with Gasteiger partial charge in [0, 0.05) is 24.1 Å². The van der Waals surface area contributed by atoms with Gasteiger partial charge in [-0.05, 0) is 18.9 Å². The van der Waals surface area contributed by atoms with Gasteiger partial charge in [0.15, 0.2) is 5.16 Å². The fourth-order valence-electron chi connectivity index (χ4n) is 1.63. The molecule has 2 unspecified atom stereocenters. The van der Waals surface area contributed by atoms with Crippen LogP contribution in [0.4, 0.5) is 0 Å². The summed E-state index contributed by atoms with van der Waals surface area (Å²) in [6.45, 7) is 7.67. The first-order chi connectivity index (χ1) is 8.67. The van der Waals surface area contributed by atoms with Gasteiger partial charge in [0.25, 0.3) is 5.56 Å². The molecule has 0 aliphatic rings. The molecule has 1 aromatic rings. The Hall–Kier alpha value is -0.810. The lowest BCUT2D eigenvalue weighted by molar-refractivity contribution is 0.396. The van der Waals surface area contributed by atoms with Crippen LogP contribution < -0.4 is 10.9 Å². The van der Waals surface area contributed by atoms with Gasteiger partial charge in [-0.15, -0.1) is 0 Å². The number of thioether (sulfide) groups is 1. The molecule has 1 aromatic heterocycles. The maximum atomic E-state index is 11.2. The maximum Gasteiger partial charge on any atom is 0.251 e. The maximum absolute atomic E-state index is 11.2. The predicted molar refractivity (Wildman–Crippen MR) is 77.1 cm³/mol. The number of H-pyrrole nitrogens is 1. The van der Waals surface area contributed by atoms with Crippen LogP contribution in [0.3, 0.4) is 0 Å². The van der Waals surface area contributed by atoms with Crippen LogP contribution in [0.15, 0.2) is 22.2 Å². The topological polar surface area (TPSA) is 57.8 Å². The van der Waals surface area contributed by atoms with Crippen LogP contribution >= 0.6 is 11.8 Å². The normalized spacial score (nSPS) is 14.4. The molecule has 0 spiro atoms. The molecule has 0 aliphatic carbocycles. The summed E-state index contributed by atoms with van der Waals surface area (Å²) in [5.41, 5.74) is -0.0888. The Labute approximate surface area is 113 Å². The summed E-state index contributed by atoms with van der Waals surface area (Å²) >= 11 is 1.61. The molecule has 0 aromatic carbocycles. The highest BCUT2D eigenvalue weighted by Gasteiger charge is 2.15. The SMILES string of the molecule is CCCNC(CSc1nccc(=O)[nH]1)C(C)CC. The molecule has 2 atom stereocenters. The molecule has 0 bridgehead atoms. The van der Waals surface area contributed by atoms with Crippen molar-refractivity contribution in [3.05, 3.63) is 22.6 Å². The second-order valence-electron chi connectivity index (χ2n) is 4.50. The highest BCUT2D eigenvalue weighted by Crippen LogP contribution is 2.17. The van der Waals surface area contributed by atoms with Crippen molar-refractivity contribution in [3.8, 4) is 0 Å². The minimum absolute atomic E-state index is 0.0888. The standard InChI is InChI=1S/C13H23N3OS/c1-4-7-14-11(10(3)5-2)9-18-13-15-8-6-12(17)16-13/h6,8,10-11,14H,4-5,7,9H2,1-3H3,(H,15,16,17). The zero-order valence-electron chi connectivity index (χ0n) is 11.4. The smallest absolute Gasteiger partial charge is 0.251 e. The van der Waals surface area contributed by atoms with Crippen molar-refractivity contribution in [2.45, 2.75) is 44.8 Å². The lowest BCUT2D eigenvalue weighted by Gasteiger charge is -2.23. The molecule has 0 radical (unpaired) electrons. The largest absolute Gasteiger partial charge is 0.313 e. The van der Waals surface area contributed by atoms with Gasteiger partial charge in [-0.3, -0.25) is 4.79 Å². The fourth-order valence-corrected chi connectivity index (χ4v) is 2.72.